The molecule has 3 N–H and O–H groups in total. The van der Waals surface area contributed by atoms with E-state index in [9.17, 15) is 14.4 Å². The Bertz CT molecular complexity index is 542. The van der Waals surface area contributed by atoms with Gasteiger partial charge in [-0.1, -0.05) is 19.8 Å². The highest BCUT2D eigenvalue weighted by Crippen LogP contribution is 2.55. The fourth-order valence-corrected chi connectivity index (χ4v) is 3.85. The van der Waals surface area contributed by atoms with E-state index in [-0.39, 0.29) is 29.7 Å². The average molecular weight is 351 g/mol. The van der Waals surface area contributed by atoms with Gasteiger partial charge in [0.15, 0.2) is 0 Å². The second-order valence-electron chi connectivity index (χ2n) is 8.05. The van der Waals surface area contributed by atoms with Crippen LogP contribution < -0.4 is 10.8 Å². The van der Waals surface area contributed by atoms with Crippen molar-refractivity contribution in [2.75, 3.05) is 6.54 Å². The number of hydrogen-bond donors (Lipinski definition) is 3. The predicted molar refractivity (Wildman–Crippen MR) is 90.5 cm³/mol. The number of carbonyl (C=O) groups is 3. The van der Waals surface area contributed by atoms with Crippen molar-refractivity contribution in [3.8, 4) is 0 Å². The Kier molecular flexibility index (Phi) is 5.32. The van der Waals surface area contributed by atoms with Crippen LogP contribution in [0.1, 0.15) is 64.7 Å². The lowest BCUT2D eigenvalue weighted by Crippen LogP contribution is -2.48. The molecule has 0 radical (unpaired) electrons. The molecular formula is C18H29N3O4. The molecule has 25 heavy (non-hydrogen) atoms. The minimum Gasteiger partial charge on any atom is -0.352 e. The number of hydroxylamine groups is 1. The van der Waals surface area contributed by atoms with Crippen LogP contribution in [-0.4, -0.2) is 46.5 Å². The second kappa shape index (κ2) is 7.32. The van der Waals surface area contributed by atoms with Gasteiger partial charge in [0.25, 0.3) is 0 Å². The van der Waals surface area contributed by atoms with E-state index in [1.807, 2.05) is 6.92 Å². The van der Waals surface area contributed by atoms with Crippen LogP contribution in [0.4, 0.5) is 0 Å². The summed E-state index contributed by atoms with van der Waals surface area (Å²) >= 11 is 0. The lowest BCUT2D eigenvalue weighted by molar-refractivity contribution is -0.144. The number of rotatable bonds is 8. The van der Waals surface area contributed by atoms with E-state index in [4.69, 9.17) is 5.21 Å². The Morgan fingerprint density at radius 3 is 2.56 bits per heavy atom. The van der Waals surface area contributed by atoms with Gasteiger partial charge in [-0.3, -0.25) is 19.6 Å². The van der Waals surface area contributed by atoms with Gasteiger partial charge in [-0.25, -0.2) is 5.48 Å². The number of nitrogens with zero attached hydrogens (tertiary/aromatic N) is 1. The molecule has 2 saturated carbocycles. The zero-order chi connectivity index (χ0) is 18.0. The Morgan fingerprint density at radius 1 is 1.28 bits per heavy atom. The van der Waals surface area contributed by atoms with E-state index in [1.165, 1.54) is 0 Å². The Morgan fingerprint density at radius 2 is 2.00 bits per heavy atom. The predicted octanol–water partition coefficient (Wildman–Crippen LogP) is 1.35. The molecule has 0 aromatic rings. The van der Waals surface area contributed by atoms with Crippen LogP contribution in [0.15, 0.2) is 0 Å². The van der Waals surface area contributed by atoms with Crippen LogP contribution in [-0.2, 0) is 14.4 Å². The third-order valence-corrected chi connectivity index (χ3v) is 5.79. The van der Waals surface area contributed by atoms with Crippen LogP contribution in [0.5, 0.6) is 0 Å². The molecule has 3 rings (SSSR count). The summed E-state index contributed by atoms with van der Waals surface area (Å²) in [5.41, 5.74) is 1.75. The summed E-state index contributed by atoms with van der Waals surface area (Å²) < 4.78 is 0. The molecule has 2 aliphatic carbocycles. The molecule has 7 nitrogen and oxygen atoms in total. The summed E-state index contributed by atoms with van der Waals surface area (Å²) in [4.78, 5) is 39.1. The van der Waals surface area contributed by atoms with Crippen molar-refractivity contribution in [1.82, 2.24) is 15.7 Å². The first-order chi connectivity index (χ1) is 12.0. The minimum atomic E-state index is -0.547. The third-order valence-electron chi connectivity index (χ3n) is 5.79. The molecule has 7 heteroatoms. The summed E-state index contributed by atoms with van der Waals surface area (Å²) in [7, 11) is 0. The van der Waals surface area contributed by atoms with Crippen molar-refractivity contribution in [3.63, 3.8) is 0 Å². The monoisotopic (exact) mass is 351 g/mol. The van der Waals surface area contributed by atoms with Gasteiger partial charge in [-0.2, -0.15) is 0 Å². The minimum absolute atomic E-state index is 0.0319. The summed E-state index contributed by atoms with van der Waals surface area (Å²) in [6, 6.07) is -0.131. The van der Waals surface area contributed by atoms with Gasteiger partial charge >= 0.3 is 0 Å². The Hall–Kier alpha value is -1.63. The summed E-state index contributed by atoms with van der Waals surface area (Å²) in [6.45, 7) is 2.66. The fourth-order valence-electron chi connectivity index (χ4n) is 3.85. The second-order valence-corrected chi connectivity index (χ2v) is 8.05. The van der Waals surface area contributed by atoms with Gasteiger partial charge in [-0.15, -0.1) is 0 Å². The highest BCUT2D eigenvalue weighted by atomic mass is 16.5. The fraction of sp³-hybridized carbons (Fsp3) is 0.833. The SMILES string of the molecule is CCCCC(CC(=O)NO)C(=O)N1CC2(CC2)C[C@H]1C(=O)NC1CC1. The topological polar surface area (TPSA) is 98.7 Å². The van der Waals surface area contributed by atoms with Gasteiger partial charge in [0.1, 0.15) is 6.04 Å². The molecule has 0 aromatic carbocycles. The van der Waals surface area contributed by atoms with Crippen molar-refractivity contribution in [2.24, 2.45) is 11.3 Å². The molecule has 3 aliphatic rings. The first-order valence-corrected chi connectivity index (χ1v) is 9.52. The van der Waals surface area contributed by atoms with Crippen molar-refractivity contribution in [2.45, 2.75) is 76.8 Å². The maximum atomic E-state index is 13.1. The Labute approximate surface area is 148 Å². The molecule has 1 unspecified atom stereocenters. The molecule has 1 heterocycles. The summed E-state index contributed by atoms with van der Waals surface area (Å²) in [6.07, 6.45) is 7.26. The number of amides is 3. The van der Waals surface area contributed by atoms with Crippen molar-refractivity contribution in [3.05, 3.63) is 0 Å². The van der Waals surface area contributed by atoms with Crippen LogP contribution in [0.25, 0.3) is 0 Å². The molecule has 3 amide bonds. The highest BCUT2D eigenvalue weighted by Gasteiger charge is 2.56. The van der Waals surface area contributed by atoms with E-state index in [1.54, 1.807) is 10.4 Å². The van der Waals surface area contributed by atoms with E-state index < -0.39 is 17.9 Å². The van der Waals surface area contributed by atoms with E-state index >= 15 is 0 Å². The molecule has 2 atom stereocenters. The van der Waals surface area contributed by atoms with Crippen LogP contribution in [0.2, 0.25) is 0 Å². The highest BCUT2D eigenvalue weighted by molar-refractivity contribution is 5.91. The average Bonchev–Trinajstić information content (AvgIpc) is 3.50. The molecule has 1 saturated heterocycles. The van der Waals surface area contributed by atoms with Crippen molar-refractivity contribution < 1.29 is 19.6 Å². The van der Waals surface area contributed by atoms with E-state index in [0.717, 1.165) is 44.9 Å². The van der Waals surface area contributed by atoms with Crippen LogP contribution in [0, 0.1) is 11.3 Å². The van der Waals surface area contributed by atoms with Gasteiger partial charge in [0.2, 0.25) is 17.7 Å². The molecule has 1 spiro atoms. The maximum Gasteiger partial charge on any atom is 0.244 e. The molecule has 0 bridgehead atoms. The van der Waals surface area contributed by atoms with Crippen molar-refractivity contribution >= 4 is 17.7 Å². The maximum absolute atomic E-state index is 13.1. The quantitative estimate of drug-likeness (QED) is 0.454. The van der Waals surface area contributed by atoms with Crippen molar-refractivity contribution in [1.29, 1.82) is 0 Å². The van der Waals surface area contributed by atoms with Crippen LogP contribution >= 0.6 is 0 Å². The zero-order valence-corrected chi connectivity index (χ0v) is 14.9. The number of carbonyl (C=O) groups excluding carboxylic acids is 3. The lowest BCUT2D eigenvalue weighted by Gasteiger charge is -2.28. The largest absolute Gasteiger partial charge is 0.352 e. The molecule has 0 aromatic heterocycles. The number of hydrogen-bond acceptors (Lipinski definition) is 4. The summed E-state index contributed by atoms with van der Waals surface area (Å²) in [5.74, 6) is -1.18. The lowest BCUT2D eigenvalue weighted by atomic mass is 9.96. The van der Waals surface area contributed by atoms with Gasteiger partial charge in [0, 0.05) is 24.9 Å². The van der Waals surface area contributed by atoms with Gasteiger partial charge in [-0.05, 0) is 43.9 Å². The standard InChI is InChI=1S/C18H29N3O4/c1-2-3-4-12(9-15(22)20-25)17(24)21-11-18(7-8-18)10-14(21)16(23)19-13-5-6-13/h12-14,25H,2-11H2,1H3,(H,19,23)(H,20,22)/t12?,14-/m0/s1. The number of likely N-dealkylation sites (tertiary alicyclic amines) is 1. The number of unbranched alkanes of at least 4 members (excludes halogenated alkanes) is 1. The molecule has 140 valence electrons. The third kappa shape index (κ3) is 4.32. The van der Waals surface area contributed by atoms with E-state index in [0.29, 0.717) is 13.0 Å². The van der Waals surface area contributed by atoms with Crippen LogP contribution in [0.3, 0.4) is 0 Å². The summed E-state index contributed by atoms with van der Waals surface area (Å²) in [5, 5.41) is 11.8. The van der Waals surface area contributed by atoms with Gasteiger partial charge in [0.05, 0.1) is 0 Å². The smallest absolute Gasteiger partial charge is 0.244 e. The molecule has 3 fully saturated rings. The molecular weight excluding hydrogens is 322 g/mol. The first-order valence-electron chi connectivity index (χ1n) is 9.52. The number of nitrogens with one attached hydrogen (secondary N) is 2. The first kappa shape index (κ1) is 18.2. The Balaban J connectivity index is 1.70. The molecule has 1 aliphatic heterocycles. The normalized spacial score (nSPS) is 24.9. The van der Waals surface area contributed by atoms with Gasteiger partial charge < -0.3 is 10.2 Å². The van der Waals surface area contributed by atoms with E-state index in [2.05, 4.69) is 5.32 Å². The zero-order valence-electron chi connectivity index (χ0n) is 14.9.